The molecule has 0 N–H and O–H groups in total. The van der Waals surface area contributed by atoms with Crippen LogP contribution in [-0.2, 0) is 6.42 Å². The third-order valence-corrected chi connectivity index (χ3v) is 13.3. The maximum Gasteiger partial charge on any atom is 0.0541 e. The van der Waals surface area contributed by atoms with E-state index in [-0.39, 0.29) is 0 Å². The molecule has 2 nitrogen and oxygen atoms in total. The predicted molar refractivity (Wildman–Crippen MR) is 267 cm³/mol. The van der Waals surface area contributed by atoms with Gasteiger partial charge in [0.15, 0.2) is 0 Å². The van der Waals surface area contributed by atoms with Crippen LogP contribution in [-0.4, -0.2) is 9.13 Å². The van der Waals surface area contributed by atoms with E-state index in [0.717, 1.165) is 12.1 Å². The molecule has 1 aliphatic carbocycles. The quantitative estimate of drug-likeness (QED) is 0.159. The molecule has 294 valence electrons. The van der Waals surface area contributed by atoms with Crippen LogP contribution in [0.15, 0.2) is 224 Å². The summed E-state index contributed by atoms with van der Waals surface area (Å²) in [6.07, 6.45) is 3.32. The summed E-state index contributed by atoms with van der Waals surface area (Å²) in [6, 6.07) is 82.7. The van der Waals surface area contributed by atoms with Gasteiger partial charge in [0.25, 0.3) is 0 Å². The third-order valence-electron chi connectivity index (χ3n) is 13.3. The highest BCUT2D eigenvalue weighted by atomic mass is 15.0. The lowest BCUT2D eigenvalue weighted by Gasteiger charge is -2.13. The van der Waals surface area contributed by atoms with Gasteiger partial charge in [-0.1, -0.05) is 152 Å². The minimum absolute atomic E-state index is 0.952. The molecule has 0 atom stereocenters. The molecular weight excluding hydrogens is 761 g/mol. The van der Waals surface area contributed by atoms with Crippen molar-refractivity contribution in [3.63, 3.8) is 0 Å². The Kier molecular flexibility index (Phi) is 8.01. The first kappa shape index (κ1) is 35.5. The van der Waals surface area contributed by atoms with E-state index in [0.29, 0.717) is 0 Å². The molecule has 63 heavy (non-hydrogen) atoms. The van der Waals surface area contributed by atoms with Crippen LogP contribution < -0.4 is 0 Å². The highest BCUT2D eigenvalue weighted by Crippen LogP contribution is 2.40. The number of aromatic nitrogens is 2. The number of allylic oxidation sites excluding steroid dienone is 1. The maximum atomic E-state index is 2.42. The molecule has 0 fully saturated rings. The first-order valence-corrected chi connectivity index (χ1v) is 21.9. The zero-order valence-electron chi connectivity index (χ0n) is 34.5. The fourth-order valence-corrected chi connectivity index (χ4v) is 10.2. The summed E-state index contributed by atoms with van der Waals surface area (Å²) in [5, 5.41) is 7.50. The van der Waals surface area contributed by atoms with E-state index in [1.54, 1.807) is 0 Å². The van der Waals surface area contributed by atoms with Crippen LogP contribution in [0.25, 0.3) is 111 Å². The van der Waals surface area contributed by atoms with E-state index >= 15 is 0 Å². The van der Waals surface area contributed by atoms with Gasteiger partial charge < -0.3 is 9.13 Å². The lowest BCUT2D eigenvalue weighted by atomic mass is 9.92. The van der Waals surface area contributed by atoms with Crippen molar-refractivity contribution in [2.75, 3.05) is 0 Å². The van der Waals surface area contributed by atoms with Gasteiger partial charge in [0.1, 0.15) is 0 Å². The lowest BCUT2D eigenvalue weighted by Crippen LogP contribution is -1.94. The molecule has 2 aromatic heterocycles. The van der Waals surface area contributed by atoms with E-state index in [1.807, 2.05) is 0 Å². The van der Waals surface area contributed by atoms with Crippen molar-refractivity contribution < 1.29 is 0 Å². The second-order valence-electron chi connectivity index (χ2n) is 17.0. The number of nitrogens with zero attached hydrogens (tertiary/aromatic N) is 2. The van der Waals surface area contributed by atoms with E-state index in [9.17, 15) is 0 Å². The van der Waals surface area contributed by atoms with Gasteiger partial charge >= 0.3 is 0 Å². The highest BCUT2D eigenvalue weighted by molar-refractivity contribution is 6.13. The van der Waals surface area contributed by atoms with Gasteiger partial charge in [-0.2, -0.15) is 0 Å². The van der Waals surface area contributed by atoms with E-state index in [4.69, 9.17) is 0 Å². The van der Waals surface area contributed by atoms with Gasteiger partial charge in [0.05, 0.1) is 22.1 Å². The van der Waals surface area contributed by atoms with Gasteiger partial charge in [0, 0.05) is 32.9 Å². The second-order valence-corrected chi connectivity index (χ2v) is 17.0. The summed E-state index contributed by atoms with van der Waals surface area (Å²) >= 11 is 0. The summed E-state index contributed by atoms with van der Waals surface area (Å²) in [5.74, 6) is 0. The number of benzene rings is 10. The Bertz CT molecular complexity index is 3800. The van der Waals surface area contributed by atoms with Crippen LogP contribution in [0.3, 0.4) is 0 Å². The fraction of sp³-hybridized carbons (Fsp3) is 0.0164. The Morgan fingerprint density at radius 2 is 0.794 bits per heavy atom. The van der Waals surface area contributed by atoms with Crippen LogP contribution in [0.5, 0.6) is 0 Å². The molecule has 1 aliphatic rings. The van der Waals surface area contributed by atoms with Gasteiger partial charge in [-0.25, -0.2) is 0 Å². The monoisotopic (exact) mass is 800 g/mol. The van der Waals surface area contributed by atoms with Gasteiger partial charge in [-0.15, -0.1) is 0 Å². The van der Waals surface area contributed by atoms with E-state index < -0.39 is 0 Å². The maximum absolute atomic E-state index is 2.42. The summed E-state index contributed by atoms with van der Waals surface area (Å²) in [7, 11) is 0. The van der Waals surface area contributed by atoms with Crippen molar-refractivity contribution in [3.05, 3.63) is 241 Å². The summed E-state index contributed by atoms with van der Waals surface area (Å²) in [4.78, 5) is 0. The van der Waals surface area contributed by atoms with E-state index in [2.05, 4.69) is 240 Å². The highest BCUT2D eigenvalue weighted by Gasteiger charge is 2.18. The van der Waals surface area contributed by atoms with Crippen molar-refractivity contribution in [1.29, 1.82) is 0 Å². The summed E-state index contributed by atoms with van der Waals surface area (Å²) < 4.78 is 4.83. The molecule has 0 saturated carbocycles. The van der Waals surface area contributed by atoms with Crippen molar-refractivity contribution in [2.45, 2.75) is 6.42 Å². The minimum Gasteiger partial charge on any atom is -0.309 e. The third kappa shape index (κ3) is 5.87. The van der Waals surface area contributed by atoms with Crippen LogP contribution in [0, 0.1) is 0 Å². The summed E-state index contributed by atoms with van der Waals surface area (Å²) in [6.45, 7) is 0. The lowest BCUT2D eigenvalue weighted by molar-refractivity contribution is 1.18. The molecule has 2 heterocycles. The molecule has 10 aromatic carbocycles. The number of hydrogen-bond donors (Lipinski definition) is 0. The normalized spacial score (nSPS) is 12.5. The van der Waals surface area contributed by atoms with Crippen molar-refractivity contribution in [1.82, 2.24) is 9.13 Å². The average Bonchev–Trinajstić information content (AvgIpc) is 4.04. The fourth-order valence-electron chi connectivity index (χ4n) is 10.2. The Balaban J connectivity index is 0.892. The molecule has 0 spiro atoms. The molecule has 0 radical (unpaired) electrons. The zero-order chi connectivity index (χ0) is 41.4. The average molecular weight is 801 g/mol. The Labute approximate surface area is 365 Å². The molecule has 13 rings (SSSR count). The zero-order valence-corrected chi connectivity index (χ0v) is 34.5. The standard InChI is InChI=1S/C61H40N2/c1-2-12-40(13-3-1)48-34-49(36-51(35-48)50-32-43-15-6-7-16-44(43)33-50)42-22-27-52(28-23-42)62-58-20-10-8-18-54(58)56-38-46(25-30-60(56)62)47-26-31-61-57(39-47)55-19-9-11-21-59(55)63(61)53-29-24-41-14-4-5-17-45(41)37-53/h1-32,34-39H,33H2. The van der Waals surface area contributed by atoms with E-state index in [1.165, 1.54) is 116 Å². The molecule has 0 aliphatic heterocycles. The summed E-state index contributed by atoms with van der Waals surface area (Å²) in [5.41, 5.74) is 19.8. The largest absolute Gasteiger partial charge is 0.309 e. The van der Waals surface area contributed by atoms with Crippen LogP contribution in [0.2, 0.25) is 0 Å². The number of rotatable bonds is 6. The molecule has 0 amide bonds. The Morgan fingerprint density at radius 1 is 0.286 bits per heavy atom. The molecule has 2 heteroatoms. The SMILES string of the molecule is C1=C(c2cc(-c3ccccc3)cc(-c3ccc(-n4c5ccccc5c5cc(-c6ccc7c(c6)c6ccccc6n7-c6ccc7ccccc7c6)ccc54)cc3)c2)Cc2ccccc21. The number of para-hydroxylation sites is 2. The first-order chi connectivity index (χ1) is 31.2. The van der Waals surface area contributed by atoms with Crippen LogP contribution in [0.4, 0.5) is 0 Å². The van der Waals surface area contributed by atoms with Crippen LogP contribution in [0.1, 0.15) is 16.7 Å². The van der Waals surface area contributed by atoms with Crippen LogP contribution >= 0.6 is 0 Å². The number of fused-ring (bicyclic) bond motifs is 8. The molecule has 0 saturated heterocycles. The number of hydrogen-bond acceptors (Lipinski definition) is 0. The van der Waals surface area contributed by atoms with Gasteiger partial charge in [-0.3, -0.25) is 0 Å². The topological polar surface area (TPSA) is 9.86 Å². The molecule has 0 unspecified atom stereocenters. The predicted octanol–water partition coefficient (Wildman–Crippen LogP) is 16.1. The molecule has 0 bridgehead atoms. The van der Waals surface area contributed by atoms with Crippen molar-refractivity contribution in [3.8, 4) is 44.8 Å². The smallest absolute Gasteiger partial charge is 0.0541 e. The van der Waals surface area contributed by atoms with Gasteiger partial charge in [0.2, 0.25) is 0 Å². The Morgan fingerprint density at radius 3 is 1.48 bits per heavy atom. The molecular formula is C61H40N2. The first-order valence-electron chi connectivity index (χ1n) is 21.9. The Hall–Kier alpha value is -8.20. The second kappa shape index (κ2) is 14.2. The van der Waals surface area contributed by atoms with Crippen molar-refractivity contribution >= 4 is 66.0 Å². The minimum atomic E-state index is 0.952. The molecule has 12 aromatic rings. The van der Waals surface area contributed by atoms with Gasteiger partial charge in [-0.05, 0) is 152 Å². The van der Waals surface area contributed by atoms with Crippen molar-refractivity contribution in [2.24, 2.45) is 0 Å².